The molecule has 1 amide bonds. The Labute approximate surface area is 112 Å². The summed E-state index contributed by atoms with van der Waals surface area (Å²) in [4.78, 5) is 16.0. The van der Waals surface area contributed by atoms with Gasteiger partial charge in [-0.15, -0.1) is 0 Å². The minimum absolute atomic E-state index is 0.108. The minimum atomic E-state index is -0.108. The third kappa shape index (κ3) is 2.83. The van der Waals surface area contributed by atoms with Gasteiger partial charge in [0.15, 0.2) is 0 Å². The van der Waals surface area contributed by atoms with Gasteiger partial charge in [0.2, 0.25) is 0 Å². The van der Waals surface area contributed by atoms with Gasteiger partial charge < -0.3 is 5.32 Å². The number of nitrogens with zero attached hydrogens (tertiary/aromatic N) is 1. The molecule has 0 radical (unpaired) electrons. The number of carbonyl (C=O) groups excluding carboxylic acids is 1. The van der Waals surface area contributed by atoms with Crippen LogP contribution in [0.25, 0.3) is 0 Å². The van der Waals surface area contributed by atoms with E-state index in [2.05, 4.69) is 10.3 Å². The lowest BCUT2D eigenvalue weighted by molar-refractivity contribution is 0.0938. The van der Waals surface area contributed by atoms with Crippen LogP contribution in [-0.4, -0.2) is 17.4 Å². The van der Waals surface area contributed by atoms with E-state index in [1.165, 1.54) is 25.7 Å². The van der Waals surface area contributed by atoms with Gasteiger partial charge in [0, 0.05) is 17.8 Å². The molecule has 0 bridgehead atoms. The molecule has 0 atom stereocenters. The molecule has 0 spiro atoms. The van der Waals surface area contributed by atoms with Crippen LogP contribution >= 0.6 is 11.6 Å². The van der Waals surface area contributed by atoms with Crippen LogP contribution in [0.15, 0.2) is 18.3 Å². The average molecular weight is 265 g/mol. The monoisotopic (exact) mass is 264 g/mol. The number of amides is 1. The Balaban J connectivity index is 1.57. The van der Waals surface area contributed by atoms with Gasteiger partial charge in [-0.2, -0.15) is 0 Å². The Morgan fingerprint density at radius 3 is 2.61 bits per heavy atom. The van der Waals surface area contributed by atoms with Crippen LogP contribution in [-0.2, 0) is 0 Å². The van der Waals surface area contributed by atoms with Gasteiger partial charge in [-0.25, -0.2) is 0 Å². The summed E-state index contributed by atoms with van der Waals surface area (Å²) in [5.74, 6) is 2.28. The lowest BCUT2D eigenvalue weighted by Gasteiger charge is -2.15. The molecule has 1 N–H and O–H groups in total. The van der Waals surface area contributed by atoms with Crippen molar-refractivity contribution in [3.05, 3.63) is 29.0 Å². The van der Waals surface area contributed by atoms with E-state index in [-0.39, 0.29) is 5.91 Å². The summed E-state index contributed by atoms with van der Waals surface area (Å²) >= 11 is 5.85. The Bertz CT molecular complexity index is 443. The molecule has 0 saturated heterocycles. The summed E-state index contributed by atoms with van der Waals surface area (Å²) in [5.41, 5.74) is 0.410. The molecule has 0 unspecified atom stereocenters. The van der Waals surface area contributed by atoms with Gasteiger partial charge in [-0.3, -0.25) is 9.78 Å². The van der Waals surface area contributed by atoms with Crippen molar-refractivity contribution in [2.24, 2.45) is 17.8 Å². The highest BCUT2D eigenvalue weighted by Gasteiger charge is 2.41. The van der Waals surface area contributed by atoms with Crippen molar-refractivity contribution in [1.29, 1.82) is 0 Å². The van der Waals surface area contributed by atoms with Crippen LogP contribution in [0.3, 0.4) is 0 Å². The third-order valence-corrected chi connectivity index (χ3v) is 4.14. The summed E-state index contributed by atoms with van der Waals surface area (Å²) in [6.45, 7) is 0.794. The van der Waals surface area contributed by atoms with Crippen molar-refractivity contribution in [1.82, 2.24) is 10.3 Å². The number of halogens is 1. The molecule has 1 aromatic rings. The van der Waals surface area contributed by atoms with Crippen molar-refractivity contribution >= 4 is 17.5 Å². The fourth-order valence-corrected chi connectivity index (χ4v) is 2.76. The molecular weight excluding hydrogens is 248 g/mol. The Morgan fingerprint density at radius 1 is 1.39 bits per heavy atom. The van der Waals surface area contributed by atoms with Crippen molar-refractivity contribution in [3.63, 3.8) is 0 Å². The highest BCUT2D eigenvalue weighted by Crippen LogP contribution is 2.48. The molecule has 0 aromatic carbocycles. The SMILES string of the molecule is O=C(NCC(C1CC1)C1CC1)c1cc(Cl)ccn1. The van der Waals surface area contributed by atoms with E-state index >= 15 is 0 Å². The average Bonchev–Trinajstić information content (AvgIpc) is 3.23. The smallest absolute Gasteiger partial charge is 0.269 e. The molecule has 4 heteroatoms. The molecule has 3 rings (SSSR count). The van der Waals surface area contributed by atoms with E-state index in [0.717, 1.165) is 18.4 Å². The van der Waals surface area contributed by atoms with Crippen LogP contribution in [0.2, 0.25) is 5.02 Å². The van der Waals surface area contributed by atoms with Crippen LogP contribution in [0.5, 0.6) is 0 Å². The first-order valence-corrected chi connectivity index (χ1v) is 7.01. The molecule has 0 aliphatic heterocycles. The standard InChI is InChI=1S/C14H17ClN2O/c15-11-5-6-16-13(7-11)14(18)17-8-12(9-1-2-9)10-3-4-10/h5-7,9-10,12H,1-4,8H2,(H,17,18). The number of hydrogen-bond acceptors (Lipinski definition) is 2. The molecule has 2 aliphatic carbocycles. The fourth-order valence-electron chi connectivity index (χ4n) is 2.60. The lowest BCUT2D eigenvalue weighted by Crippen LogP contribution is -2.31. The van der Waals surface area contributed by atoms with E-state index in [1.807, 2.05) is 0 Å². The first-order valence-electron chi connectivity index (χ1n) is 6.64. The van der Waals surface area contributed by atoms with E-state index in [1.54, 1.807) is 18.3 Å². The molecule has 18 heavy (non-hydrogen) atoms. The molecule has 3 nitrogen and oxygen atoms in total. The molecule has 2 saturated carbocycles. The largest absolute Gasteiger partial charge is 0.350 e. The molecule has 2 aliphatic rings. The summed E-state index contributed by atoms with van der Waals surface area (Å²) in [7, 11) is 0. The summed E-state index contributed by atoms with van der Waals surface area (Å²) in [5, 5.41) is 3.56. The zero-order valence-electron chi connectivity index (χ0n) is 10.2. The van der Waals surface area contributed by atoms with Gasteiger partial charge in [0.05, 0.1) is 0 Å². The number of nitrogens with one attached hydrogen (secondary N) is 1. The van der Waals surface area contributed by atoms with Crippen molar-refractivity contribution in [3.8, 4) is 0 Å². The molecule has 2 fully saturated rings. The fraction of sp³-hybridized carbons (Fsp3) is 0.571. The number of carbonyl (C=O) groups is 1. The predicted octanol–water partition coefficient (Wildman–Crippen LogP) is 2.90. The van der Waals surface area contributed by atoms with Crippen molar-refractivity contribution in [2.45, 2.75) is 25.7 Å². The van der Waals surface area contributed by atoms with Crippen LogP contribution < -0.4 is 5.32 Å². The highest BCUT2D eigenvalue weighted by atomic mass is 35.5. The van der Waals surface area contributed by atoms with Gasteiger partial charge >= 0.3 is 0 Å². The maximum atomic E-state index is 12.0. The third-order valence-electron chi connectivity index (χ3n) is 3.91. The number of rotatable bonds is 5. The van der Waals surface area contributed by atoms with Crippen molar-refractivity contribution in [2.75, 3.05) is 6.54 Å². The van der Waals surface area contributed by atoms with Gasteiger partial charge in [0.1, 0.15) is 5.69 Å². The highest BCUT2D eigenvalue weighted by molar-refractivity contribution is 6.30. The topological polar surface area (TPSA) is 42.0 Å². The van der Waals surface area contributed by atoms with E-state index < -0.39 is 0 Å². The first kappa shape index (κ1) is 12.0. The zero-order valence-corrected chi connectivity index (χ0v) is 11.0. The van der Waals surface area contributed by atoms with E-state index in [9.17, 15) is 4.79 Å². The van der Waals surface area contributed by atoms with Gasteiger partial charge in [-0.05, 0) is 55.6 Å². The second-order valence-corrected chi connectivity index (χ2v) is 5.84. The van der Waals surface area contributed by atoms with Crippen LogP contribution in [0.4, 0.5) is 0 Å². The maximum absolute atomic E-state index is 12.0. The lowest BCUT2D eigenvalue weighted by atomic mass is 9.98. The van der Waals surface area contributed by atoms with Gasteiger partial charge in [-0.1, -0.05) is 11.6 Å². The van der Waals surface area contributed by atoms with E-state index in [0.29, 0.717) is 16.6 Å². The minimum Gasteiger partial charge on any atom is -0.350 e. The van der Waals surface area contributed by atoms with Gasteiger partial charge in [0.25, 0.3) is 5.91 Å². The number of hydrogen-bond donors (Lipinski definition) is 1. The number of aromatic nitrogens is 1. The first-order chi connectivity index (χ1) is 8.74. The Morgan fingerprint density at radius 2 is 2.06 bits per heavy atom. The summed E-state index contributed by atoms with van der Waals surface area (Å²) in [6, 6.07) is 3.29. The molecular formula is C14H17ClN2O. The Hall–Kier alpha value is -1.09. The summed E-state index contributed by atoms with van der Waals surface area (Å²) < 4.78 is 0. The normalized spacial score (nSPS) is 19.0. The maximum Gasteiger partial charge on any atom is 0.269 e. The van der Waals surface area contributed by atoms with E-state index in [4.69, 9.17) is 11.6 Å². The Kier molecular flexibility index (Phi) is 3.25. The van der Waals surface area contributed by atoms with Crippen LogP contribution in [0, 0.1) is 17.8 Å². The molecule has 1 heterocycles. The second kappa shape index (κ2) is 4.88. The summed E-state index contributed by atoms with van der Waals surface area (Å²) in [6.07, 6.45) is 6.92. The molecule has 96 valence electrons. The zero-order chi connectivity index (χ0) is 12.5. The quantitative estimate of drug-likeness (QED) is 0.889. The van der Waals surface area contributed by atoms with Crippen LogP contribution in [0.1, 0.15) is 36.2 Å². The predicted molar refractivity (Wildman–Crippen MR) is 70.5 cm³/mol. The second-order valence-electron chi connectivity index (χ2n) is 5.41. The molecule has 1 aromatic heterocycles. The number of pyridine rings is 1. The van der Waals surface area contributed by atoms with Crippen molar-refractivity contribution < 1.29 is 4.79 Å².